The quantitative estimate of drug-likeness (QED) is 0.328. The van der Waals surface area contributed by atoms with Gasteiger partial charge in [-0.05, 0) is 67.3 Å². The van der Waals surface area contributed by atoms with Crippen molar-refractivity contribution in [3.05, 3.63) is 76.6 Å². The van der Waals surface area contributed by atoms with Crippen LogP contribution in [-0.4, -0.2) is 30.8 Å². The van der Waals surface area contributed by atoms with Crippen molar-refractivity contribution >= 4 is 67.6 Å². The van der Waals surface area contributed by atoms with E-state index in [1.54, 1.807) is 22.7 Å². The molecule has 0 unspecified atom stereocenters. The highest BCUT2D eigenvalue weighted by Gasteiger charge is 2.14. The van der Waals surface area contributed by atoms with Crippen LogP contribution in [0.5, 0.6) is 0 Å². The minimum atomic E-state index is -0.301. The molecule has 0 spiro atoms. The van der Waals surface area contributed by atoms with E-state index in [0.717, 1.165) is 43.4 Å². The van der Waals surface area contributed by atoms with Crippen LogP contribution in [0.3, 0.4) is 0 Å². The van der Waals surface area contributed by atoms with E-state index >= 15 is 0 Å². The molecule has 0 aliphatic carbocycles. The van der Waals surface area contributed by atoms with Crippen molar-refractivity contribution in [1.82, 2.24) is 25.1 Å². The number of amides is 1. The largest absolute Gasteiger partial charge is 0.332 e. The topological polar surface area (TPSA) is 84.2 Å². The summed E-state index contributed by atoms with van der Waals surface area (Å²) in [6.07, 6.45) is 0. The number of nitrogens with one attached hydrogen (secondary N) is 2. The van der Waals surface area contributed by atoms with Gasteiger partial charge in [0.25, 0.3) is 5.91 Å². The van der Waals surface area contributed by atoms with Gasteiger partial charge < -0.3 is 5.32 Å². The molecule has 2 N–H and O–H groups in total. The molecule has 0 fully saturated rings. The monoisotopic (exact) mass is 492 g/mol. The number of aromatic nitrogens is 4. The number of hydrogen-bond donors (Lipinski definition) is 2. The lowest BCUT2D eigenvalue weighted by molar-refractivity contribution is 0.0979. The van der Waals surface area contributed by atoms with E-state index in [1.807, 2.05) is 50.2 Å². The molecule has 5 aromatic rings. The van der Waals surface area contributed by atoms with Crippen LogP contribution in [-0.2, 0) is 0 Å². The maximum Gasteiger partial charge on any atom is 0.258 e. The van der Waals surface area contributed by atoms with Gasteiger partial charge >= 0.3 is 0 Å². The zero-order chi connectivity index (χ0) is 23.1. The lowest BCUT2D eigenvalue weighted by Gasteiger charge is -2.13. The molecule has 5 rings (SSSR count). The lowest BCUT2D eigenvalue weighted by Crippen LogP contribution is -2.34. The van der Waals surface area contributed by atoms with Gasteiger partial charge in [0, 0.05) is 27.2 Å². The highest BCUT2D eigenvalue weighted by Crippen LogP contribution is 2.29. The number of benzene rings is 3. The highest BCUT2D eigenvalue weighted by atomic mass is 35.5. The molecular formula is C23H17ClN6OS2. The smallest absolute Gasteiger partial charge is 0.258 e. The molecule has 10 heteroatoms. The Kier molecular flexibility index (Phi) is 5.53. The van der Waals surface area contributed by atoms with Crippen molar-refractivity contribution < 1.29 is 4.79 Å². The molecule has 1 amide bonds. The summed E-state index contributed by atoms with van der Waals surface area (Å²) in [7, 11) is 0. The summed E-state index contributed by atoms with van der Waals surface area (Å²) < 4.78 is 1.73. The number of carbonyl (C=O) groups is 1. The van der Waals surface area contributed by atoms with Crippen molar-refractivity contribution in [3.8, 4) is 10.6 Å². The maximum atomic E-state index is 12.9. The number of thiocarbonyl (C=S) groups is 1. The molecule has 0 aliphatic heterocycles. The van der Waals surface area contributed by atoms with E-state index in [0.29, 0.717) is 10.6 Å². The zero-order valence-corrected chi connectivity index (χ0v) is 20.0. The maximum absolute atomic E-state index is 12.9. The van der Waals surface area contributed by atoms with Crippen LogP contribution >= 0.6 is 35.2 Å². The summed E-state index contributed by atoms with van der Waals surface area (Å²) in [6, 6.07) is 16.8. The number of fused-ring (bicyclic) bond motifs is 2. The van der Waals surface area contributed by atoms with Crippen LogP contribution in [0.1, 0.15) is 21.7 Å². The second kappa shape index (κ2) is 8.51. The molecule has 164 valence electrons. The first-order chi connectivity index (χ1) is 15.9. The zero-order valence-electron chi connectivity index (χ0n) is 17.6. The van der Waals surface area contributed by atoms with Gasteiger partial charge in [-0.15, -0.1) is 10.2 Å². The van der Waals surface area contributed by atoms with Crippen molar-refractivity contribution in [1.29, 1.82) is 0 Å². The van der Waals surface area contributed by atoms with Crippen molar-refractivity contribution in [2.75, 3.05) is 5.32 Å². The normalized spacial score (nSPS) is 11.1. The molecule has 0 bridgehead atoms. The van der Waals surface area contributed by atoms with E-state index in [-0.39, 0.29) is 11.0 Å². The fourth-order valence-corrected chi connectivity index (χ4v) is 4.88. The average molecular weight is 493 g/mol. The first kappa shape index (κ1) is 21.4. The van der Waals surface area contributed by atoms with E-state index in [9.17, 15) is 4.79 Å². The Morgan fingerprint density at radius 3 is 2.64 bits per heavy atom. The Hall–Kier alpha value is -3.40. The molecule has 0 aliphatic rings. The molecule has 2 heterocycles. The van der Waals surface area contributed by atoms with E-state index in [1.165, 1.54) is 11.3 Å². The Bertz CT molecular complexity index is 1560. The van der Waals surface area contributed by atoms with E-state index in [4.69, 9.17) is 23.8 Å². The standard InChI is InChI=1S/C23H17ClN6OS2/c1-12-11-14(21-29-30-13(2)27-28-23(30)33-21)9-10-19(12)25-22(32)26-20(31)17-7-3-6-16-15(17)5-4-8-18(16)24/h3-11H,1-2H3,(H2,25,26,31,32). The SMILES string of the molecule is Cc1cc(-c2nn3c(C)nnc3s2)ccc1NC(=S)NC(=O)c1cccc2c(Cl)cccc12. The number of carbonyl (C=O) groups excluding carboxylic acids is 1. The van der Waals surface area contributed by atoms with Crippen LogP contribution in [0.15, 0.2) is 54.6 Å². The lowest BCUT2D eigenvalue weighted by atomic mass is 10.0. The number of hydrogen-bond acceptors (Lipinski definition) is 6. The predicted octanol–water partition coefficient (Wildman–Crippen LogP) is 5.40. The van der Waals surface area contributed by atoms with Crippen molar-refractivity contribution in [2.45, 2.75) is 13.8 Å². The first-order valence-corrected chi connectivity index (χ1v) is 11.6. The van der Waals surface area contributed by atoms with Gasteiger partial charge in [0.2, 0.25) is 4.96 Å². The van der Waals surface area contributed by atoms with Crippen molar-refractivity contribution in [3.63, 3.8) is 0 Å². The fourth-order valence-electron chi connectivity index (χ4n) is 3.56. The third-order valence-corrected chi connectivity index (χ3v) is 6.69. The van der Waals surface area contributed by atoms with Crippen LogP contribution in [0.25, 0.3) is 26.3 Å². The molecule has 0 saturated heterocycles. The summed E-state index contributed by atoms with van der Waals surface area (Å²) in [4.78, 5) is 13.6. The van der Waals surface area contributed by atoms with E-state index < -0.39 is 0 Å². The molecule has 0 saturated carbocycles. The predicted molar refractivity (Wildman–Crippen MR) is 136 cm³/mol. The fraction of sp³-hybridized carbons (Fsp3) is 0.0870. The molecule has 0 radical (unpaired) electrons. The van der Waals surface area contributed by atoms with Crippen LogP contribution in [0, 0.1) is 13.8 Å². The summed E-state index contributed by atoms with van der Waals surface area (Å²) >= 11 is 13.1. The number of halogens is 1. The molecule has 0 atom stereocenters. The molecule has 2 aromatic heterocycles. The van der Waals surface area contributed by atoms with Crippen molar-refractivity contribution in [2.24, 2.45) is 0 Å². The average Bonchev–Trinajstić information content (AvgIpc) is 3.37. The van der Waals surface area contributed by atoms with Crippen LogP contribution in [0.4, 0.5) is 5.69 Å². The Morgan fingerprint density at radius 1 is 1.06 bits per heavy atom. The van der Waals surface area contributed by atoms with Crippen LogP contribution in [0.2, 0.25) is 5.02 Å². The summed E-state index contributed by atoms with van der Waals surface area (Å²) in [5, 5.41) is 21.8. The third kappa shape index (κ3) is 4.06. The van der Waals surface area contributed by atoms with Gasteiger partial charge in [-0.1, -0.05) is 47.2 Å². The molecular weight excluding hydrogens is 476 g/mol. The molecule has 3 aromatic carbocycles. The number of anilines is 1. The van der Waals surface area contributed by atoms with Gasteiger partial charge in [-0.2, -0.15) is 9.61 Å². The summed E-state index contributed by atoms with van der Waals surface area (Å²) in [5.41, 5.74) is 3.23. The summed E-state index contributed by atoms with van der Waals surface area (Å²) in [5.74, 6) is 0.446. The second-order valence-electron chi connectivity index (χ2n) is 7.43. The van der Waals surface area contributed by atoms with Gasteiger partial charge in [0.1, 0.15) is 5.01 Å². The van der Waals surface area contributed by atoms with Gasteiger partial charge in [0.15, 0.2) is 10.9 Å². The summed E-state index contributed by atoms with van der Waals surface area (Å²) in [6.45, 7) is 3.83. The van der Waals surface area contributed by atoms with E-state index in [2.05, 4.69) is 25.9 Å². The van der Waals surface area contributed by atoms with Gasteiger partial charge in [-0.3, -0.25) is 10.1 Å². The Morgan fingerprint density at radius 2 is 1.85 bits per heavy atom. The first-order valence-electron chi connectivity index (χ1n) is 10.00. The number of nitrogens with zero attached hydrogens (tertiary/aromatic N) is 4. The second-order valence-corrected chi connectivity index (χ2v) is 9.20. The minimum Gasteiger partial charge on any atom is -0.332 e. The number of aryl methyl sites for hydroxylation is 2. The van der Waals surface area contributed by atoms with Gasteiger partial charge in [-0.25, -0.2) is 0 Å². The molecule has 33 heavy (non-hydrogen) atoms. The minimum absolute atomic E-state index is 0.212. The third-order valence-electron chi connectivity index (χ3n) is 5.21. The highest BCUT2D eigenvalue weighted by molar-refractivity contribution is 7.80. The number of rotatable bonds is 3. The Balaban J connectivity index is 1.33. The Labute approximate surface area is 203 Å². The van der Waals surface area contributed by atoms with Crippen LogP contribution < -0.4 is 10.6 Å². The van der Waals surface area contributed by atoms with Gasteiger partial charge in [0.05, 0.1) is 0 Å². The molecule has 7 nitrogen and oxygen atoms in total.